The van der Waals surface area contributed by atoms with Crippen molar-refractivity contribution in [3.63, 3.8) is 0 Å². The Balaban J connectivity index is 3.27. The second-order valence-electron chi connectivity index (χ2n) is 3.51. The molecule has 82 valence electrons. The predicted octanol–water partition coefficient (Wildman–Crippen LogP) is 3.47. The zero-order chi connectivity index (χ0) is 10.8. The Bertz CT molecular complexity index is 173. The summed E-state index contributed by atoms with van der Waals surface area (Å²) in [6.45, 7) is 8.26. The van der Waals surface area contributed by atoms with Gasteiger partial charge in [0.2, 0.25) is 0 Å². The van der Waals surface area contributed by atoms with Crippen LogP contribution in [0.25, 0.3) is 0 Å². The second kappa shape index (κ2) is 8.79. The molecule has 0 aliphatic carbocycles. The number of unbranched alkanes of at least 4 members (excludes halogenated alkanes) is 4. The number of carbonyl (C=O) groups is 1. The lowest BCUT2D eigenvalue weighted by Gasteiger charge is -2.04. The van der Waals surface area contributed by atoms with E-state index in [9.17, 15) is 4.79 Å². The van der Waals surface area contributed by atoms with Crippen LogP contribution in [0.5, 0.6) is 0 Å². The van der Waals surface area contributed by atoms with E-state index in [1.54, 1.807) is 0 Å². The highest BCUT2D eigenvalue weighted by molar-refractivity contribution is 5.87. The summed E-state index contributed by atoms with van der Waals surface area (Å²) in [6, 6.07) is 0. The largest absolute Gasteiger partial charge is 0.462 e. The first-order chi connectivity index (χ1) is 6.72. The molecule has 2 nitrogen and oxygen atoms in total. The molecule has 0 atom stereocenters. The molecular formula is C12H22O2. The number of ether oxygens (including phenoxy) is 1. The molecule has 0 N–H and O–H groups in total. The molecule has 0 aliphatic rings. The van der Waals surface area contributed by atoms with Gasteiger partial charge < -0.3 is 4.74 Å². The molecule has 0 aromatic rings. The molecule has 0 aliphatic heterocycles. The van der Waals surface area contributed by atoms with E-state index in [1.807, 2.05) is 6.92 Å². The molecular weight excluding hydrogens is 176 g/mol. The third kappa shape index (κ3) is 6.70. The van der Waals surface area contributed by atoms with Crippen LogP contribution in [0, 0.1) is 0 Å². The summed E-state index contributed by atoms with van der Waals surface area (Å²) in [7, 11) is 0. The summed E-state index contributed by atoms with van der Waals surface area (Å²) in [4.78, 5) is 11.1. The van der Waals surface area contributed by atoms with Gasteiger partial charge in [-0.25, -0.2) is 4.79 Å². The minimum atomic E-state index is -0.233. The molecule has 0 saturated heterocycles. The van der Waals surface area contributed by atoms with Crippen LogP contribution in [-0.4, -0.2) is 12.6 Å². The average Bonchev–Trinajstić information content (AvgIpc) is 2.21. The highest BCUT2D eigenvalue weighted by Crippen LogP contribution is 2.04. The highest BCUT2D eigenvalue weighted by atomic mass is 16.5. The maximum absolute atomic E-state index is 11.1. The highest BCUT2D eigenvalue weighted by Gasteiger charge is 2.04. The molecule has 0 saturated carbocycles. The fraction of sp³-hybridized carbons (Fsp3) is 0.750. The van der Waals surface area contributed by atoms with Gasteiger partial charge in [0, 0.05) is 5.57 Å². The zero-order valence-electron chi connectivity index (χ0n) is 9.47. The average molecular weight is 198 g/mol. The summed E-state index contributed by atoms with van der Waals surface area (Å²) in [5, 5.41) is 0. The Morgan fingerprint density at radius 3 is 2.36 bits per heavy atom. The fourth-order valence-corrected chi connectivity index (χ4v) is 1.12. The van der Waals surface area contributed by atoms with Crippen LogP contribution in [0.2, 0.25) is 0 Å². The standard InChI is InChI=1S/C12H22O2/c1-4-6-7-8-9-10-14-12(13)11(3)5-2/h3-10H2,1-2H3. The maximum Gasteiger partial charge on any atom is 0.333 e. The van der Waals surface area contributed by atoms with Crippen LogP contribution in [0.4, 0.5) is 0 Å². The van der Waals surface area contributed by atoms with Gasteiger partial charge in [0.1, 0.15) is 0 Å². The molecule has 0 aromatic heterocycles. The molecule has 0 heterocycles. The van der Waals surface area contributed by atoms with E-state index in [-0.39, 0.29) is 5.97 Å². The third-order valence-corrected chi connectivity index (χ3v) is 2.20. The third-order valence-electron chi connectivity index (χ3n) is 2.20. The Morgan fingerprint density at radius 1 is 1.14 bits per heavy atom. The van der Waals surface area contributed by atoms with E-state index in [2.05, 4.69) is 13.5 Å². The van der Waals surface area contributed by atoms with Gasteiger partial charge in [-0.2, -0.15) is 0 Å². The predicted molar refractivity (Wildman–Crippen MR) is 59.1 cm³/mol. The van der Waals surface area contributed by atoms with Crippen molar-refractivity contribution in [3.05, 3.63) is 12.2 Å². The zero-order valence-corrected chi connectivity index (χ0v) is 9.47. The Labute approximate surface area is 87.3 Å². The summed E-state index contributed by atoms with van der Waals surface area (Å²) in [5.41, 5.74) is 0.568. The fourth-order valence-electron chi connectivity index (χ4n) is 1.12. The monoisotopic (exact) mass is 198 g/mol. The van der Waals surface area contributed by atoms with Crippen molar-refractivity contribution in [3.8, 4) is 0 Å². The Morgan fingerprint density at radius 2 is 1.79 bits per heavy atom. The van der Waals surface area contributed by atoms with E-state index in [4.69, 9.17) is 4.74 Å². The molecule has 0 rings (SSSR count). The van der Waals surface area contributed by atoms with E-state index in [0.717, 1.165) is 12.8 Å². The van der Waals surface area contributed by atoms with E-state index in [0.29, 0.717) is 18.6 Å². The first-order valence-corrected chi connectivity index (χ1v) is 5.57. The topological polar surface area (TPSA) is 26.3 Å². The van der Waals surface area contributed by atoms with Crippen molar-refractivity contribution >= 4 is 5.97 Å². The molecule has 0 fully saturated rings. The van der Waals surface area contributed by atoms with Crippen LogP contribution in [0.1, 0.15) is 52.4 Å². The summed E-state index contributed by atoms with van der Waals surface area (Å²) in [5.74, 6) is -0.233. The van der Waals surface area contributed by atoms with Gasteiger partial charge in [0.25, 0.3) is 0 Å². The van der Waals surface area contributed by atoms with Gasteiger partial charge in [-0.15, -0.1) is 0 Å². The van der Waals surface area contributed by atoms with Crippen LogP contribution in [-0.2, 0) is 9.53 Å². The van der Waals surface area contributed by atoms with Crippen molar-refractivity contribution in [2.75, 3.05) is 6.61 Å². The molecule has 0 spiro atoms. The van der Waals surface area contributed by atoms with Crippen LogP contribution < -0.4 is 0 Å². The summed E-state index contributed by atoms with van der Waals surface area (Å²) < 4.78 is 5.04. The first kappa shape index (κ1) is 13.2. The van der Waals surface area contributed by atoms with Crippen molar-refractivity contribution < 1.29 is 9.53 Å². The molecule has 0 radical (unpaired) electrons. The molecule has 0 aromatic carbocycles. The smallest absolute Gasteiger partial charge is 0.333 e. The number of hydrogen-bond donors (Lipinski definition) is 0. The summed E-state index contributed by atoms with van der Waals surface area (Å²) >= 11 is 0. The second-order valence-corrected chi connectivity index (χ2v) is 3.51. The van der Waals surface area contributed by atoms with Crippen molar-refractivity contribution in [1.29, 1.82) is 0 Å². The van der Waals surface area contributed by atoms with Gasteiger partial charge in [-0.1, -0.05) is 46.1 Å². The lowest BCUT2D eigenvalue weighted by Crippen LogP contribution is -2.07. The van der Waals surface area contributed by atoms with E-state index in [1.165, 1.54) is 19.3 Å². The quantitative estimate of drug-likeness (QED) is 0.339. The van der Waals surface area contributed by atoms with E-state index < -0.39 is 0 Å². The van der Waals surface area contributed by atoms with Gasteiger partial charge in [0.15, 0.2) is 0 Å². The molecule has 14 heavy (non-hydrogen) atoms. The molecule has 0 unspecified atom stereocenters. The number of hydrogen-bond acceptors (Lipinski definition) is 2. The minimum Gasteiger partial charge on any atom is -0.462 e. The normalized spacial score (nSPS) is 9.86. The van der Waals surface area contributed by atoms with Crippen molar-refractivity contribution in [2.24, 2.45) is 0 Å². The number of rotatable bonds is 8. The Kier molecular flexibility index (Phi) is 8.30. The van der Waals surface area contributed by atoms with Crippen LogP contribution >= 0.6 is 0 Å². The van der Waals surface area contributed by atoms with Gasteiger partial charge in [-0.05, 0) is 12.8 Å². The number of carbonyl (C=O) groups excluding carboxylic acids is 1. The summed E-state index contributed by atoms with van der Waals surface area (Å²) in [6.07, 6.45) is 6.56. The maximum atomic E-state index is 11.1. The SMILES string of the molecule is C=C(CC)C(=O)OCCCCCCC. The molecule has 0 amide bonds. The van der Waals surface area contributed by atoms with E-state index >= 15 is 0 Å². The van der Waals surface area contributed by atoms with Gasteiger partial charge >= 0.3 is 5.97 Å². The Hall–Kier alpha value is -0.790. The minimum absolute atomic E-state index is 0.233. The number of esters is 1. The lowest BCUT2D eigenvalue weighted by atomic mass is 10.2. The van der Waals surface area contributed by atoms with Crippen molar-refractivity contribution in [2.45, 2.75) is 52.4 Å². The van der Waals surface area contributed by atoms with Gasteiger partial charge in [-0.3, -0.25) is 0 Å². The first-order valence-electron chi connectivity index (χ1n) is 5.57. The molecule has 2 heteroatoms. The lowest BCUT2D eigenvalue weighted by molar-refractivity contribution is -0.139. The van der Waals surface area contributed by atoms with Crippen LogP contribution in [0.15, 0.2) is 12.2 Å². The van der Waals surface area contributed by atoms with Crippen molar-refractivity contribution in [1.82, 2.24) is 0 Å². The molecule has 0 bridgehead atoms. The van der Waals surface area contributed by atoms with Crippen LogP contribution in [0.3, 0.4) is 0 Å². The van der Waals surface area contributed by atoms with Gasteiger partial charge in [0.05, 0.1) is 6.61 Å².